The Kier molecular flexibility index (Phi) is 3.32. The second kappa shape index (κ2) is 5.08. The first kappa shape index (κ1) is 15.7. The number of fused-ring (bicyclic) bond motifs is 5. The predicted octanol–water partition coefficient (Wildman–Crippen LogP) is 3.24. The van der Waals surface area contributed by atoms with Gasteiger partial charge in [0.1, 0.15) is 12.6 Å². The Morgan fingerprint density at radius 1 is 1.04 bits per heavy atom. The van der Waals surface area contributed by atoms with Crippen LogP contribution >= 0.6 is 0 Å². The summed E-state index contributed by atoms with van der Waals surface area (Å²) in [5, 5.41) is 0. The molecule has 24 heavy (non-hydrogen) atoms. The lowest BCUT2D eigenvalue weighted by molar-refractivity contribution is -0.148. The number of anilines is 1. The van der Waals surface area contributed by atoms with Gasteiger partial charge in [-0.05, 0) is 45.2 Å². The summed E-state index contributed by atoms with van der Waals surface area (Å²) in [4.78, 5) is 30.1. The first-order valence-electron chi connectivity index (χ1n) is 9.09. The summed E-state index contributed by atoms with van der Waals surface area (Å²) < 4.78 is 0. The Balaban J connectivity index is 1.88. The second-order valence-electron chi connectivity index (χ2n) is 8.50. The van der Waals surface area contributed by atoms with Crippen LogP contribution in [-0.2, 0) is 15.0 Å². The highest BCUT2D eigenvalue weighted by molar-refractivity contribution is 6.10. The van der Waals surface area contributed by atoms with Crippen molar-refractivity contribution in [1.82, 2.24) is 4.90 Å². The molecule has 1 saturated heterocycles. The standard InChI is InChI=1S/C20H26N2O2/c1-19(2,3)21-13-16(23)22-15-10-6-5-9-14(15)20(17(22)18(21)24)11-7-4-8-12-20/h5-6,9-10,17H,4,7-8,11-13H2,1-3H3. The first-order chi connectivity index (χ1) is 11.4. The van der Waals surface area contributed by atoms with Crippen molar-refractivity contribution in [1.29, 1.82) is 0 Å². The Bertz CT molecular complexity index is 698. The van der Waals surface area contributed by atoms with Gasteiger partial charge in [-0.3, -0.25) is 14.5 Å². The summed E-state index contributed by atoms with van der Waals surface area (Å²) >= 11 is 0. The quantitative estimate of drug-likeness (QED) is 0.734. The van der Waals surface area contributed by atoms with Crippen LogP contribution in [-0.4, -0.2) is 34.8 Å². The van der Waals surface area contributed by atoms with E-state index in [4.69, 9.17) is 0 Å². The van der Waals surface area contributed by atoms with E-state index >= 15 is 0 Å². The van der Waals surface area contributed by atoms with Gasteiger partial charge in [-0.2, -0.15) is 0 Å². The van der Waals surface area contributed by atoms with E-state index in [2.05, 4.69) is 6.07 Å². The van der Waals surface area contributed by atoms with Gasteiger partial charge >= 0.3 is 0 Å². The Labute approximate surface area is 143 Å². The van der Waals surface area contributed by atoms with E-state index in [-0.39, 0.29) is 35.4 Å². The number of hydrogen-bond donors (Lipinski definition) is 0. The molecule has 1 atom stereocenters. The molecule has 2 heterocycles. The number of rotatable bonds is 0. The van der Waals surface area contributed by atoms with Crippen LogP contribution in [0.25, 0.3) is 0 Å². The molecule has 4 nitrogen and oxygen atoms in total. The maximum absolute atomic E-state index is 13.5. The van der Waals surface area contributed by atoms with Gasteiger partial charge in [-0.15, -0.1) is 0 Å². The number of nitrogens with zero attached hydrogens (tertiary/aromatic N) is 2. The fourth-order valence-corrected chi connectivity index (χ4v) is 4.99. The summed E-state index contributed by atoms with van der Waals surface area (Å²) in [5.74, 6) is 0.185. The van der Waals surface area contributed by atoms with Gasteiger partial charge < -0.3 is 4.90 Å². The molecule has 0 radical (unpaired) electrons. The molecule has 2 amide bonds. The maximum atomic E-state index is 13.5. The number of amides is 2. The third kappa shape index (κ3) is 1.98. The van der Waals surface area contributed by atoms with E-state index in [1.54, 1.807) is 4.90 Å². The monoisotopic (exact) mass is 326 g/mol. The average Bonchev–Trinajstić information content (AvgIpc) is 2.82. The third-order valence-corrected chi connectivity index (χ3v) is 6.10. The highest BCUT2D eigenvalue weighted by Crippen LogP contribution is 2.54. The Morgan fingerprint density at radius 3 is 2.38 bits per heavy atom. The molecule has 1 unspecified atom stereocenters. The van der Waals surface area contributed by atoms with Crippen LogP contribution < -0.4 is 4.90 Å². The largest absolute Gasteiger partial charge is 0.327 e. The van der Waals surface area contributed by atoms with Crippen molar-refractivity contribution in [3.05, 3.63) is 29.8 Å². The highest BCUT2D eigenvalue weighted by atomic mass is 16.2. The van der Waals surface area contributed by atoms with Crippen LogP contribution in [0, 0.1) is 0 Å². The fourth-order valence-electron chi connectivity index (χ4n) is 4.99. The van der Waals surface area contributed by atoms with E-state index in [9.17, 15) is 9.59 Å². The molecule has 128 valence electrons. The molecule has 4 heteroatoms. The number of hydrogen-bond acceptors (Lipinski definition) is 2. The van der Waals surface area contributed by atoms with Crippen LogP contribution in [0.4, 0.5) is 5.69 Å². The highest BCUT2D eigenvalue weighted by Gasteiger charge is 2.59. The molecular weight excluding hydrogens is 300 g/mol. The summed E-state index contributed by atoms with van der Waals surface area (Å²) in [6.45, 7) is 6.24. The zero-order valence-corrected chi connectivity index (χ0v) is 14.8. The number of piperazine rings is 1. The van der Waals surface area contributed by atoms with Gasteiger partial charge in [0.2, 0.25) is 11.8 Å². The van der Waals surface area contributed by atoms with E-state index in [0.29, 0.717) is 0 Å². The Morgan fingerprint density at radius 2 is 1.71 bits per heavy atom. The summed E-state index contributed by atoms with van der Waals surface area (Å²) in [7, 11) is 0. The smallest absolute Gasteiger partial charge is 0.247 e. The SMILES string of the molecule is CC(C)(C)N1CC(=O)N2c3ccccc3C3(CCCCC3)C2C1=O. The molecule has 1 aliphatic carbocycles. The van der Waals surface area contributed by atoms with Gasteiger partial charge in [-0.25, -0.2) is 0 Å². The van der Waals surface area contributed by atoms with E-state index in [0.717, 1.165) is 31.4 Å². The molecule has 1 aromatic rings. The minimum atomic E-state index is -0.351. The predicted molar refractivity (Wildman–Crippen MR) is 93.9 cm³/mol. The number of carbonyl (C=O) groups excluding carboxylic acids is 2. The van der Waals surface area contributed by atoms with Gasteiger partial charge in [0.05, 0.1) is 0 Å². The van der Waals surface area contributed by atoms with Crippen molar-refractivity contribution in [3.63, 3.8) is 0 Å². The topological polar surface area (TPSA) is 40.6 Å². The molecule has 3 aliphatic rings. The molecule has 1 aromatic carbocycles. The van der Waals surface area contributed by atoms with Crippen LogP contribution in [0.5, 0.6) is 0 Å². The minimum Gasteiger partial charge on any atom is -0.327 e. The molecule has 4 rings (SSSR count). The normalized spacial score (nSPS) is 25.9. The van der Waals surface area contributed by atoms with Crippen LogP contribution in [0.3, 0.4) is 0 Å². The number of benzene rings is 1. The lowest BCUT2D eigenvalue weighted by Gasteiger charge is -2.48. The molecule has 2 aliphatic heterocycles. The van der Waals surface area contributed by atoms with Crippen LogP contribution in [0.15, 0.2) is 24.3 Å². The average molecular weight is 326 g/mol. The summed E-state index contributed by atoms with van der Waals surface area (Å²) in [5.41, 5.74) is 1.66. The van der Waals surface area contributed by atoms with Crippen molar-refractivity contribution < 1.29 is 9.59 Å². The van der Waals surface area contributed by atoms with Gasteiger partial charge in [0, 0.05) is 16.6 Å². The van der Waals surface area contributed by atoms with E-state index in [1.807, 2.05) is 43.9 Å². The van der Waals surface area contributed by atoms with Crippen molar-refractivity contribution in [3.8, 4) is 0 Å². The fraction of sp³-hybridized carbons (Fsp3) is 0.600. The lowest BCUT2D eigenvalue weighted by atomic mass is 9.66. The first-order valence-corrected chi connectivity index (χ1v) is 9.09. The lowest BCUT2D eigenvalue weighted by Crippen LogP contribution is -2.67. The van der Waals surface area contributed by atoms with Crippen molar-refractivity contribution in [2.24, 2.45) is 0 Å². The molecule has 1 spiro atoms. The molecule has 0 aromatic heterocycles. The summed E-state index contributed by atoms with van der Waals surface area (Å²) in [6, 6.07) is 7.83. The molecule has 2 fully saturated rings. The maximum Gasteiger partial charge on any atom is 0.247 e. The number of para-hydroxylation sites is 1. The van der Waals surface area contributed by atoms with Crippen molar-refractivity contribution >= 4 is 17.5 Å². The van der Waals surface area contributed by atoms with Crippen LogP contribution in [0.2, 0.25) is 0 Å². The van der Waals surface area contributed by atoms with Crippen molar-refractivity contribution in [2.45, 2.75) is 69.9 Å². The Hall–Kier alpha value is -1.84. The van der Waals surface area contributed by atoms with Gasteiger partial charge in [-0.1, -0.05) is 37.5 Å². The third-order valence-electron chi connectivity index (χ3n) is 6.10. The zero-order chi connectivity index (χ0) is 17.1. The number of carbonyl (C=O) groups is 2. The van der Waals surface area contributed by atoms with Crippen molar-refractivity contribution in [2.75, 3.05) is 11.4 Å². The van der Waals surface area contributed by atoms with E-state index < -0.39 is 0 Å². The molecule has 0 bridgehead atoms. The second-order valence-corrected chi connectivity index (χ2v) is 8.50. The minimum absolute atomic E-state index is 0.0597. The molecule has 0 N–H and O–H groups in total. The molecule has 1 saturated carbocycles. The molecular formula is C20H26N2O2. The summed E-state index contributed by atoms with van der Waals surface area (Å²) in [6.07, 6.45) is 5.50. The van der Waals surface area contributed by atoms with Gasteiger partial charge in [0.15, 0.2) is 0 Å². The van der Waals surface area contributed by atoms with Gasteiger partial charge in [0.25, 0.3) is 0 Å². The zero-order valence-electron chi connectivity index (χ0n) is 14.8. The van der Waals surface area contributed by atoms with E-state index in [1.165, 1.54) is 12.0 Å². The van der Waals surface area contributed by atoms with Crippen LogP contribution in [0.1, 0.15) is 58.4 Å².